The van der Waals surface area contributed by atoms with E-state index < -0.39 is 5.97 Å². The molecule has 3 aromatic rings. The summed E-state index contributed by atoms with van der Waals surface area (Å²) in [6.45, 7) is 1.60. The van der Waals surface area contributed by atoms with Gasteiger partial charge in [-0.1, -0.05) is 35.3 Å². The van der Waals surface area contributed by atoms with Crippen LogP contribution in [0.15, 0.2) is 23.0 Å². The molecule has 23 heavy (non-hydrogen) atoms. The lowest BCUT2D eigenvalue weighted by Gasteiger charge is -2.05. The zero-order valence-corrected chi connectivity index (χ0v) is 14.1. The van der Waals surface area contributed by atoms with Crippen LogP contribution in [0.1, 0.15) is 26.6 Å². The molecule has 0 spiro atoms. The molecule has 118 valence electrons. The van der Waals surface area contributed by atoms with Gasteiger partial charge in [-0.15, -0.1) is 11.3 Å². The van der Waals surface area contributed by atoms with E-state index in [4.69, 9.17) is 28.3 Å². The predicted molar refractivity (Wildman–Crippen MR) is 91.2 cm³/mol. The number of fused-ring (bicyclic) bond motifs is 1. The highest BCUT2D eigenvalue weighted by molar-refractivity contribution is 7.20. The summed E-state index contributed by atoms with van der Waals surface area (Å²) in [5.41, 5.74) is 0.802. The summed E-state index contributed by atoms with van der Waals surface area (Å²) in [6.07, 6.45) is 0.296. The summed E-state index contributed by atoms with van der Waals surface area (Å²) in [6, 6.07) is 5.23. The van der Waals surface area contributed by atoms with Gasteiger partial charge in [-0.25, -0.2) is 9.78 Å². The van der Waals surface area contributed by atoms with E-state index >= 15 is 0 Å². The summed E-state index contributed by atoms with van der Waals surface area (Å²) in [5.74, 6) is -0.658. The molecule has 0 amide bonds. The Morgan fingerprint density at radius 2 is 2.13 bits per heavy atom. The second-order valence-electron chi connectivity index (χ2n) is 4.94. The van der Waals surface area contributed by atoms with Gasteiger partial charge < -0.3 is 10.1 Å². The van der Waals surface area contributed by atoms with E-state index in [-0.39, 0.29) is 10.4 Å². The number of aromatic carboxylic acids is 1. The number of halogens is 2. The molecule has 0 saturated carbocycles. The molecular weight excluding hydrogens is 359 g/mol. The molecular formula is C15H10Cl2N2O3S. The van der Waals surface area contributed by atoms with E-state index in [9.17, 15) is 9.59 Å². The van der Waals surface area contributed by atoms with Crippen molar-refractivity contribution in [1.29, 1.82) is 0 Å². The Kier molecular flexibility index (Phi) is 4.14. The maximum atomic E-state index is 12.3. The molecule has 1 aromatic carbocycles. The number of hydrogen-bond donors (Lipinski definition) is 2. The fourth-order valence-electron chi connectivity index (χ4n) is 2.34. The van der Waals surface area contributed by atoms with Crippen LogP contribution in [0.5, 0.6) is 0 Å². The average Bonchev–Trinajstić information content (AvgIpc) is 2.81. The van der Waals surface area contributed by atoms with Gasteiger partial charge in [0.1, 0.15) is 15.5 Å². The highest BCUT2D eigenvalue weighted by Crippen LogP contribution is 2.29. The maximum absolute atomic E-state index is 12.3. The molecule has 3 rings (SSSR count). The Morgan fingerprint density at radius 1 is 1.39 bits per heavy atom. The second kappa shape index (κ2) is 5.96. The lowest BCUT2D eigenvalue weighted by Crippen LogP contribution is -2.12. The lowest BCUT2D eigenvalue weighted by molar-refractivity contribution is 0.0701. The first-order chi connectivity index (χ1) is 10.9. The van der Waals surface area contributed by atoms with Crippen LogP contribution in [0.2, 0.25) is 10.0 Å². The molecule has 0 radical (unpaired) electrons. The van der Waals surface area contributed by atoms with Crippen molar-refractivity contribution in [1.82, 2.24) is 9.97 Å². The third-order valence-corrected chi connectivity index (χ3v) is 5.47. The summed E-state index contributed by atoms with van der Waals surface area (Å²) >= 11 is 13.1. The quantitative estimate of drug-likeness (QED) is 0.734. The Bertz CT molecular complexity index is 994. The lowest BCUT2D eigenvalue weighted by atomic mass is 10.1. The monoisotopic (exact) mass is 368 g/mol. The number of aromatic nitrogens is 2. The Labute approximate surface area is 144 Å². The van der Waals surface area contributed by atoms with E-state index in [1.54, 1.807) is 25.1 Å². The molecule has 2 aromatic heterocycles. The summed E-state index contributed by atoms with van der Waals surface area (Å²) in [5, 5.41) is 10.3. The van der Waals surface area contributed by atoms with E-state index in [2.05, 4.69) is 9.97 Å². The van der Waals surface area contributed by atoms with Crippen molar-refractivity contribution in [3.8, 4) is 0 Å². The summed E-state index contributed by atoms with van der Waals surface area (Å²) < 4.78 is 0. The largest absolute Gasteiger partial charge is 0.477 e. The number of H-pyrrole nitrogens is 1. The number of rotatable bonds is 3. The number of nitrogens with zero attached hydrogens (tertiary/aromatic N) is 1. The van der Waals surface area contributed by atoms with Gasteiger partial charge in [0.05, 0.1) is 15.4 Å². The van der Waals surface area contributed by atoms with Crippen molar-refractivity contribution >= 4 is 50.7 Å². The fraction of sp³-hybridized carbons (Fsp3) is 0.133. The molecule has 0 aliphatic carbocycles. The number of carbonyl (C=O) groups is 1. The molecule has 5 nitrogen and oxygen atoms in total. The standard InChI is InChI=1S/C15H10Cl2N2O3S/c1-6-10-13(20)18-9(19-14(10)23-12(6)15(21)22)5-7-3-2-4-8(16)11(7)17/h2-4H,5H2,1H3,(H,21,22)(H,18,19,20). The third kappa shape index (κ3) is 2.85. The molecule has 0 saturated heterocycles. The summed E-state index contributed by atoms with van der Waals surface area (Å²) in [7, 11) is 0. The normalized spacial score (nSPS) is 11.1. The predicted octanol–water partition coefficient (Wildman–Crippen LogP) is 3.89. The zero-order chi connectivity index (χ0) is 16.7. The van der Waals surface area contributed by atoms with E-state index in [1.165, 1.54) is 0 Å². The highest BCUT2D eigenvalue weighted by atomic mass is 35.5. The number of carboxylic acid groups (broad SMARTS) is 1. The number of hydrogen-bond acceptors (Lipinski definition) is 4. The Morgan fingerprint density at radius 3 is 2.83 bits per heavy atom. The topological polar surface area (TPSA) is 83.0 Å². The minimum Gasteiger partial charge on any atom is -0.477 e. The number of aryl methyl sites for hydroxylation is 1. The zero-order valence-electron chi connectivity index (χ0n) is 11.8. The average molecular weight is 369 g/mol. The van der Waals surface area contributed by atoms with Gasteiger partial charge in [0.15, 0.2) is 0 Å². The first kappa shape index (κ1) is 16.0. The van der Waals surface area contributed by atoms with Crippen LogP contribution in [-0.4, -0.2) is 21.0 Å². The molecule has 0 atom stereocenters. The molecule has 2 N–H and O–H groups in total. The molecule has 0 aliphatic heterocycles. The highest BCUT2D eigenvalue weighted by Gasteiger charge is 2.19. The van der Waals surface area contributed by atoms with Gasteiger partial charge in [0.2, 0.25) is 0 Å². The second-order valence-corrected chi connectivity index (χ2v) is 6.73. The van der Waals surface area contributed by atoms with Crippen molar-refractivity contribution < 1.29 is 9.90 Å². The number of carboxylic acids is 1. The fourth-order valence-corrected chi connectivity index (χ4v) is 3.77. The molecule has 2 heterocycles. The molecule has 0 fully saturated rings. The molecule has 0 unspecified atom stereocenters. The van der Waals surface area contributed by atoms with Crippen molar-refractivity contribution in [2.24, 2.45) is 0 Å². The van der Waals surface area contributed by atoms with Crippen LogP contribution in [0, 0.1) is 6.92 Å². The molecule has 0 bridgehead atoms. The van der Waals surface area contributed by atoms with Crippen molar-refractivity contribution in [3.05, 3.63) is 60.4 Å². The number of thiophene rings is 1. The number of nitrogens with one attached hydrogen (secondary N) is 1. The van der Waals surface area contributed by atoms with Gasteiger partial charge in [-0.2, -0.15) is 0 Å². The van der Waals surface area contributed by atoms with E-state index in [0.29, 0.717) is 38.1 Å². The van der Waals surface area contributed by atoms with Crippen LogP contribution in [0.25, 0.3) is 10.2 Å². The number of aromatic amines is 1. The minimum atomic E-state index is -1.07. The third-order valence-electron chi connectivity index (χ3n) is 3.43. The minimum absolute atomic E-state index is 0.121. The maximum Gasteiger partial charge on any atom is 0.346 e. The van der Waals surface area contributed by atoms with Crippen molar-refractivity contribution in [2.75, 3.05) is 0 Å². The van der Waals surface area contributed by atoms with Gasteiger partial charge >= 0.3 is 5.97 Å². The Balaban J connectivity index is 2.11. The van der Waals surface area contributed by atoms with Crippen molar-refractivity contribution in [2.45, 2.75) is 13.3 Å². The van der Waals surface area contributed by atoms with Gasteiger partial charge in [-0.3, -0.25) is 4.79 Å². The van der Waals surface area contributed by atoms with E-state index in [1.807, 2.05) is 0 Å². The van der Waals surface area contributed by atoms with Crippen LogP contribution in [0.3, 0.4) is 0 Å². The first-order valence-electron chi connectivity index (χ1n) is 6.57. The number of benzene rings is 1. The smallest absolute Gasteiger partial charge is 0.346 e. The molecule has 8 heteroatoms. The van der Waals surface area contributed by atoms with Crippen molar-refractivity contribution in [3.63, 3.8) is 0 Å². The van der Waals surface area contributed by atoms with Crippen LogP contribution >= 0.6 is 34.5 Å². The van der Waals surface area contributed by atoms with Crippen LogP contribution < -0.4 is 5.56 Å². The van der Waals surface area contributed by atoms with Crippen LogP contribution in [0.4, 0.5) is 0 Å². The Hall–Kier alpha value is -1.89. The first-order valence-corrected chi connectivity index (χ1v) is 8.14. The van der Waals surface area contributed by atoms with Crippen LogP contribution in [-0.2, 0) is 6.42 Å². The van der Waals surface area contributed by atoms with Gasteiger partial charge in [-0.05, 0) is 24.1 Å². The molecule has 0 aliphatic rings. The van der Waals surface area contributed by atoms with Gasteiger partial charge in [0.25, 0.3) is 5.56 Å². The summed E-state index contributed by atoms with van der Waals surface area (Å²) in [4.78, 5) is 31.0. The van der Waals surface area contributed by atoms with E-state index in [0.717, 1.165) is 16.9 Å². The SMILES string of the molecule is Cc1c(C(=O)O)sc2nc(Cc3cccc(Cl)c3Cl)[nH]c(=O)c12. The van der Waals surface area contributed by atoms with Gasteiger partial charge in [0, 0.05) is 6.42 Å².